The summed E-state index contributed by atoms with van der Waals surface area (Å²) < 4.78 is 23.9. The Hall–Kier alpha value is -2.58. The second-order valence-electron chi connectivity index (χ2n) is 24.9. The van der Waals surface area contributed by atoms with Gasteiger partial charge in [0, 0.05) is 6.42 Å². The van der Waals surface area contributed by atoms with E-state index in [1.54, 1.807) is 0 Å². The normalized spacial score (nSPS) is 14.3. The predicted molar refractivity (Wildman–Crippen MR) is 364 cm³/mol. The molecule has 0 aliphatic rings. The number of hydrogen-bond donors (Lipinski definition) is 3. The summed E-state index contributed by atoms with van der Waals surface area (Å²) in [7, 11) is 1.62. The van der Waals surface area contributed by atoms with Crippen molar-refractivity contribution in [2.45, 2.75) is 328 Å². The minimum absolute atomic E-state index is 0.0716. The van der Waals surface area contributed by atoms with Gasteiger partial charge in [-0.25, -0.2) is 4.57 Å². The van der Waals surface area contributed by atoms with E-state index in [9.17, 15) is 19.4 Å². The van der Waals surface area contributed by atoms with Crippen molar-refractivity contribution in [2.24, 2.45) is 0 Å². The van der Waals surface area contributed by atoms with Crippen molar-refractivity contribution in [3.63, 3.8) is 0 Å². The van der Waals surface area contributed by atoms with E-state index in [1.165, 1.54) is 199 Å². The Morgan fingerprint density at radius 2 is 0.723 bits per heavy atom. The maximum atomic E-state index is 13.1. The van der Waals surface area contributed by atoms with Gasteiger partial charge in [-0.2, -0.15) is 0 Å². The van der Waals surface area contributed by atoms with E-state index in [1.807, 2.05) is 21.1 Å². The van der Waals surface area contributed by atoms with E-state index in [0.29, 0.717) is 23.9 Å². The molecule has 0 spiro atoms. The average Bonchev–Trinajstić information content (AvgIpc) is 3.50. The molecule has 0 bridgehead atoms. The van der Waals surface area contributed by atoms with Gasteiger partial charge in [0.2, 0.25) is 5.91 Å². The number of carbonyl (C=O) groups is 1. The van der Waals surface area contributed by atoms with E-state index in [2.05, 4.69) is 116 Å². The number of aliphatic hydroxyl groups excluding tert-OH is 1. The molecule has 83 heavy (non-hydrogen) atoms. The summed E-state index contributed by atoms with van der Waals surface area (Å²) in [6.45, 7) is 4.80. The number of rotatable bonds is 64. The first kappa shape index (κ1) is 80.4. The molecule has 0 saturated heterocycles. The van der Waals surface area contributed by atoms with Crippen molar-refractivity contribution in [3.8, 4) is 0 Å². The number of allylic oxidation sites excluding steroid dienone is 16. The summed E-state index contributed by atoms with van der Waals surface area (Å²) in [6.07, 6.45) is 92.1. The van der Waals surface area contributed by atoms with Crippen LogP contribution >= 0.6 is 7.82 Å². The monoisotopic (exact) mass is 1180 g/mol. The fourth-order valence-corrected chi connectivity index (χ4v) is 10.9. The Balaban J connectivity index is 4.06. The lowest BCUT2D eigenvalue weighted by Crippen LogP contribution is -2.46. The van der Waals surface area contributed by atoms with Crippen LogP contribution in [-0.2, 0) is 18.4 Å². The average molecular weight is 1180 g/mol. The van der Waals surface area contributed by atoms with Crippen LogP contribution < -0.4 is 5.32 Å². The van der Waals surface area contributed by atoms with Crippen LogP contribution in [0, 0.1) is 0 Å². The topological polar surface area (TPSA) is 105 Å². The molecule has 0 heterocycles. The number of aliphatic hydroxyl groups is 1. The van der Waals surface area contributed by atoms with E-state index < -0.39 is 20.0 Å². The van der Waals surface area contributed by atoms with Gasteiger partial charge in [-0.05, 0) is 77.0 Å². The molecule has 9 heteroatoms. The summed E-state index contributed by atoms with van der Waals surface area (Å²) in [6, 6.07) is -0.769. The zero-order valence-electron chi connectivity index (χ0n) is 55.2. The number of quaternary nitrogens is 1. The van der Waals surface area contributed by atoms with Crippen LogP contribution in [0.5, 0.6) is 0 Å². The van der Waals surface area contributed by atoms with E-state index in [4.69, 9.17) is 9.05 Å². The predicted octanol–water partition coefficient (Wildman–Crippen LogP) is 22.5. The Labute approximate surface area is 515 Å². The van der Waals surface area contributed by atoms with Crippen LogP contribution in [0.2, 0.25) is 0 Å². The van der Waals surface area contributed by atoms with Crippen molar-refractivity contribution in [1.82, 2.24) is 5.32 Å². The molecular formula is C74H136N2O6P+. The third kappa shape index (κ3) is 66.8. The fraction of sp³-hybridized carbons (Fsp3) is 0.770. The van der Waals surface area contributed by atoms with E-state index in [-0.39, 0.29) is 19.1 Å². The van der Waals surface area contributed by atoms with E-state index >= 15 is 0 Å². The quantitative estimate of drug-likeness (QED) is 0.0243. The van der Waals surface area contributed by atoms with Crippen LogP contribution in [0.15, 0.2) is 97.2 Å². The van der Waals surface area contributed by atoms with Crippen molar-refractivity contribution in [2.75, 3.05) is 40.9 Å². The molecule has 3 atom stereocenters. The zero-order chi connectivity index (χ0) is 60.5. The van der Waals surface area contributed by atoms with Gasteiger partial charge >= 0.3 is 7.82 Å². The standard InChI is InChI=1S/C74H135N2O6P/c1-6-8-10-12-14-16-18-20-22-24-26-28-30-32-33-34-35-36-37-38-39-40-41-42-43-44-46-48-50-52-54-56-58-60-62-64-66-68-74(78)75-72(71-82-83(79,80)81-70-69-76(3,4)5)73(77)67-65-63-61-59-57-55-53-51-49-47-45-31-29-27-25-23-21-19-17-15-13-11-9-7-2/h8,10,14,16,20,22,26,28,32-33,35-36,38-39,41-42,72-73,77H,6-7,9,11-13,15,17-19,21,23-25,27,29-31,34,37,40,43-71H2,1-5H3,(H-,75,78,79,80)/p+1/b10-8-,16-14-,22-20-,28-26-,33-32-,36-35-,39-38-,42-41-. The maximum Gasteiger partial charge on any atom is 0.472 e. The number of phosphoric acid groups is 1. The highest BCUT2D eigenvalue weighted by molar-refractivity contribution is 7.47. The maximum absolute atomic E-state index is 13.1. The van der Waals surface area contributed by atoms with Crippen molar-refractivity contribution in [1.29, 1.82) is 0 Å². The molecule has 1 amide bonds. The lowest BCUT2D eigenvalue weighted by atomic mass is 10.0. The summed E-state index contributed by atoms with van der Waals surface area (Å²) in [5.41, 5.74) is 0. The molecule has 482 valence electrons. The first-order chi connectivity index (χ1) is 40.5. The molecule has 0 aliphatic heterocycles. The smallest absolute Gasteiger partial charge is 0.391 e. The summed E-state index contributed by atoms with van der Waals surface area (Å²) in [5.74, 6) is -0.146. The Morgan fingerprint density at radius 1 is 0.422 bits per heavy atom. The second kappa shape index (κ2) is 63.9. The lowest BCUT2D eigenvalue weighted by Gasteiger charge is -2.26. The lowest BCUT2D eigenvalue weighted by molar-refractivity contribution is -0.870. The van der Waals surface area contributed by atoms with Crippen LogP contribution in [0.3, 0.4) is 0 Å². The van der Waals surface area contributed by atoms with Gasteiger partial charge in [0.25, 0.3) is 0 Å². The van der Waals surface area contributed by atoms with Crippen LogP contribution in [0.1, 0.15) is 316 Å². The third-order valence-corrected chi connectivity index (χ3v) is 16.6. The summed E-state index contributed by atoms with van der Waals surface area (Å²) >= 11 is 0. The molecule has 0 aliphatic carbocycles. The number of nitrogens with zero attached hydrogens (tertiary/aromatic N) is 1. The molecule has 3 unspecified atom stereocenters. The highest BCUT2D eigenvalue weighted by atomic mass is 31.2. The molecule has 3 N–H and O–H groups in total. The van der Waals surface area contributed by atoms with Gasteiger partial charge < -0.3 is 19.8 Å². The zero-order valence-corrected chi connectivity index (χ0v) is 56.1. The van der Waals surface area contributed by atoms with Gasteiger partial charge in [0.15, 0.2) is 0 Å². The molecular weight excluding hydrogens is 1040 g/mol. The third-order valence-electron chi connectivity index (χ3n) is 15.6. The van der Waals surface area contributed by atoms with E-state index in [0.717, 1.165) is 89.9 Å². The largest absolute Gasteiger partial charge is 0.472 e. The molecule has 0 saturated carbocycles. The minimum Gasteiger partial charge on any atom is -0.391 e. The Kier molecular flexibility index (Phi) is 61.9. The Morgan fingerprint density at radius 3 is 1.06 bits per heavy atom. The van der Waals surface area contributed by atoms with Crippen molar-refractivity contribution >= 4 is 13.7 Å². The molecule has 8 nitrogen and oxygen atoms in total. The Bertz CT molecular complexity index is 1670. The van der Waals surface area contributed by atoms with Crippen LogP contribution in [-0.4, -0.2) is 73.4 Å². The van der Waals surface area contributed by atoms with Crippen LogP contribution in [0.4, 0.5) is 0 Å². The summed E-state index contributed by atoms with van der Waals surface area (Å²) in [4.78, 5) is 23.5. The number of amides is 1. The highest BCUT2D eigenvalue weighted by Crippen LogP contribution is 2.43. The van der Waals surface area contributed by atoms with Crippen molar-refractivity contribution < 1.29 is 32.9 Å². The first-order valence-corrected chi connectivity index (χ1v) is 36.6. The van der Waals surface area contributed by atoms with Crippen LogP contribution in [0.25, 0.3) is 0 Å². The number of unbranched alkanes of at least 4 members (excludes halogenated alkanes) is 35. The van der Waals surface area contributed by atoms with Crippen molar-refractivity contribution in [3.05, 3.63) is 97.2 Å². The number of nitrogens with one attached hydrogen (secondary N) is 1. The van der Waals surface area contributed by atoms with Gasteiger partial charge in [-0.15, -0.1) is 0 Å². The number of phosphoric ester groups is 1. The highest BCUT2D eigenvalue weighted by Gasteiger charge is 2.28. The minimum atomic E-state index is -4.34. The fourth-order valence-electron chi connectivity index (χ4n) is 10.2. The van der Waals surface area contributed by atoms with Gasteiger partial charge in [0.05, 0.1) is 39.9 Å². The van der Waals surface area contributed by atoms with Gasteiger partial charge in [-0.3, -0.25) is 13.8 Å². The number of carbonyl (C=O) groups excluding carboxylic acids is 1. The molecule has 0 aromatic carbocycles. The molecule has 0 fully saturated rings. The molecule has 0 aromatic rings. The molecule has 0 aromatic heterocycles. The molecule has 0 radical (unpaired) electrons. The summed E-state index contributed by atoms with van der Waals surface area (Å²) in [5, 5.41) is 14.1. The second-order valence-corrected chi connectivity index (χ2v) is 26.3. The number of likely N-dealkylation sites (N-methyl/N-ethyl adjacent to an activating group) is 1. The molecule has 0 rings (SSSR count). The first-order valence-electron chi connectivity index (χ1n) is 35.1. The van der Waals surface area contributed by atoms with Gasteiger partial charge in [0.1, 0.15) is 13.2 Å². The number of hydrogen-bond acceptors (Lipinski definition) is 5. The SMILES string of the molecule is CC/C=C\C/C=C\C/C=C\C/C=C\C/C=C\C/C=C\C/C=C\C/C=C\CCCCCCCCCCCCCCC(=O)NC(COP(=O)(O)OCC[N+](C)(C)C)C(O)CCCCCCCCCCCCCCCCCCCCCCCCCC. The van der Waals surface area contributed by atoms with Gasteiger partial charge in [-0.1, -0.05) is 329 Å².